The molecule has 0 saturated carbocycles. The van der Waals surface area contributed by atoms with Crippen molar-refractivity contribution in [1.29, 1.82) is 0 Å². The highest BCUT2D eigenvalue weighted by Crippen LogP contribution is 2.42. The maximum Gasteiger partial charge on any atom is 0.177 e. The molecule has 0 spiro atoms. The van der Waals surface area contributed by atoms with Crippen molar-refractivity contribution < 1.29 is 28.5 Å². The summed E-state index contributed by atoms with van der Waals surface area (Å²) in [6.07, 6.45) is 2.22. The molecule has 0 unspecified atom stereocenters. The summed E-state index contributed by atoms with van der Waals surface area (Å²) in [5.41, 5.74) is 9.98. The first kappa shape index (κ1) is 28.7. The second kappa shape index (κ2) is 13.4. The fourth-order valence-corrected chi connectivity index (χ4v) is 3.54. The Morgan fingerprint density at radius 3 is 1.47 bits per heavy atom. The Morgan fingerprint density at radius 2 is 1.18 bits per heavy atom. The van der Waals surface area contributed by atoms with Gasteiger partial charge in [0.2, 0.25) is 0 Å². The second-order valence-corrected chi connectivity index (χ2v) is 6.89. The van der Waals surface area contributed by atoms with Gasteiger partial charge in [-0.3, -0.25) is 9.59 Å². The minimum absolute atomic E-state index is 0. The van der Waals surface area contributed by atoms with Gasteiger partial charge in [-0.25, -0.2) is 0 Å². The van der Waals surface area contributed by atoms with Gasteiger partial charge in [-0.15, -0.1) is 12.4 Å². The summed E-state index contributed by atoms with van der Waals surface area (Å²) in [5.74, 6) is 0.468. The summed E-state index contributed by atoms with van der Waals surface area (Å²) >= 11 is 0. The molecular formula is C25H31ClN2O6. The average Bonchev–Trinajstić information content (AvgIpc) is 2.86. The first-order valence-electron chi connectivity index (χ1n) is 10.3. The van der Waals surface area contributed by atoms with Crippen LogP contribution in [0.1, 0.15) is 11.1 Å². The first-order chi connectivity index (χ1) is 15.9. The summed E-state index contributed by atoms with van der Waals surface area (Å²) in [5, 5.41) is 0. The Bertz CT molecular complexity index is 943. The normalized spacial score (nSPS) is 10.5. The lowest BCUT2D eigenvalue weighted by molar-refractivity contribution is -0.127. The largest absolute Gasteiger partial charge is 0.493 e. The van der Waals surface area contributed by atoms with E-state index >= 15 is 0 Å². The summed E-state index contributed by atoms with van der Waals surface area (Å²) in [7, 11) is 2.93. The van der Waals surface area contributed by atoms with E-state index in [1.807, 2.05) is 0 Å². The third kappa shape index (κ3) is 5.59. The maximum absolute atomic E-state index is 13.4. The standard InChI is InChI=1S/C25H30N2O6.ClH/c1-5-23(28)25(24(29)6-2,17-7-9-19(32-13-11-26)21(15-17)30-3)18-8-10-20(33-14-12-27)22(16-18)31-4;/h5-10,15-16H,1-2,11-14,26-27H2,3-4H3;1H. The number of carbonyl (C=O) groups is 2. The van der Waals surface area contributed by atoms with Gasteiger partial charge in [0.05, 0.1) is 14.2 Å². The van der Waals surface area contributed by atoms with E-state index < -0.39 is 17.0 Å². The molecule has 0 radical (unpaired) electrons. The quantitative estimate of drug-likeness (QED) is 0.306. The van der Waals surface area contributed by atoms with Gasteiger partial charge < -0.3 is 30.4 Å². The van der Waals surface area contributed by atoms with Crippen LogP contribution in [0.25, 0.3) is 0 Å². The number of halogens is 1. The molecule has 34 heavy (non-hydrogen) atoms. The van der Waals surface area contributed by atoms with Crippen LogP contribution in [0.15, 0.2) is 61.7 Å². The van der Waals surface area contributed by atoms with Crippen molar-refractivity contribution in [2.24, 2.45) is 11.5 Å². The maximum atomic E-state index is 13.4. The minimum Gasteiger partial charge on any atom is -0.493 e. The molecular weight excluding hydrogens is 460 g/mol. The Kier molecular flexibility index (Phi) is 11.3. The van der Waals surface area contributed by atoms with E-state index in [1.54, 1.807) is 36.4 Å². The molecule has 0 aromatic heterocycles. The van der Waals surface area contributed by atoms with E-state index in [0.717, 1.165) is 12.2 Å². The molecule has 0 fully saturated rings. The lowest BCUT2D eigenvalue weighted by Crippen LogP contribution is -2.43. The van der Waals surface area contributed by atoms with Crippen molar-refractivity contribution in [2.75, 3.05) is 40.5 Å². The molecule has 0 saturated heterocycles. The van der Waals surface area contributed by atoms with Crippen LogP contribution in [0.4, 0.5) is 0 Å². The summed E-state index contributed by atoms with van der Waals surface area (Å²) in [6, 6.07) is 9.67. The summed E-state index contributed by atoms with van der Waals surface area (Å²) in [6.45, 7) is 8.43. The van der Waals surface area contributed by atoms with Gasteiger partial charge in [0.25, 0.3) is 0 Å². The zero-order valence-corrected chi connectivity index (χ0v) is 20.2. The Balaban J connectivity index is 0.00000578. The number of nitrogens with two attached hydrogens (primary N) is 2. The van der Waals surface area contributed by atoms with E-state index in [0.29, 0.717) is 47.2 Å². The van der Waals surface area contributed by atoms with Gasteiger partial charge in [-0.1, -0.05) is 25.3 Å². The molecule has 0 amide bonds. The third-order valence-electron chi connectivity index (χ3n) is 5.05. The van der Waals surface area contributed by atoms with Crippen LogP contribution < -0.4 is 30.4 Å². The van der Waals surface area contributed by atoms with E-state index in [4.69, 9.17) is 30.4 Å². The van der Waals surface area contributed by atoms with Gasteiger partial charge in [0, 0.05) is 13.1 Å². The summed E-state index contributed by atoms with van der Waals surface area (Å²) < 4.78 is 22.1. The number of benzene rings is 2. The molecule has 4 N–H and O–H groups in total. The Hall–Kier alpha value is -3.33. The molecule has 2 aromatic rings. The van der Waals surface area contributed by atoms with Crippen molar-refractivity contribution >= 4 is 24.0 Å². The lowest BCUT2D eigenvalue weighted by Gasteiger charge is -2.31. The number of ketones is 2. The molecule has 8 nitrogen and oxygen atoms in total. The zero-order valence-electron chi connectivity index (χ0n) is 19.4. The number of hydrogen-bond acceptors (Lipinski definition) is 8. The van der Waals surface area contributed by atoms with E-state index in [-0.39, 0.29) is 25.6 Å². The predicted octanol–water partition coefficient (Wildman–Crippen LogP) is 2.60. The SMILES string of the molecule is C=CC(=O)C(C(=O)C=C)(c1ccc(OCCN)c(OC)c1)c1ccc(OCCN)c(OC)c1.Cl. The molecule has 0 bridgehead atoms. The number of allylic oxidation sites excluding steroid dienone is 2. The Morgan fingerprint density at radius 1 is 0.794 bits per heavy atom. The van der Waals surface area contributed by atoms with Crippen LogP contribution in [0, 0.1) is 0 Å². The van der Waals surface area contributed by atoms with Crippen molar-refractivity contribution in [3.8, 4) is 23.0 Å². The van der Waals surface area contributed by atoms with E-state index in [1.165, 1.54) is 14.2 Å². The predicted molar refractivity (Wildman–Crippen MR) is 134 cm³/mol. The molecule has 184 valence electrons. The van der Waals surface area contributed by atoms with Gasteiger partial charge in [-0.2, -0.15) is 0 Å². The second-order valence-electron chi connectivity index (χ2n) is 6.89. The molecule has 2 rings (SSSR count). The molecule has 0 heterocycles. The van der Waals surface area contributed by atoms with Crippen molar-refractivity contribution in [3.63, 3.8) is 0 Å². The van der Waals surface area contributed by atoms with Crippen LogP contribution in [0.5, 0.6) is 23.0 Å². The number of carbonyl (C=O) groups excluding carboxylic acids is 2. The number of rotatable bonds is 14. The van der Waals surface area contributed by atoms with Crippen LogP contribution >= 0.6 is 12.4 Å². The third-order valence-corrected chi connectivity index (χ3v) is 5.05. The van der Waals surface area contributed by atoms with Gasteiger partial charge in [-0.05, 0) is 47.5 Å². The first-order valence-corrected chi connectivity index (χ1v) is 10.3. The molecule has 9 heteroatoms. The van der Waals surface area contributed by atoms with Gasteiger partial charge >= 0.3 is 0 Å². The van der Waals surface area contributed by atoms with Crippen molar-refractivity contribution in [1.82, 2.24) is 0 Å². The van der Waals surface area contributed by atoms with E-state index in [9.17, 15) is 9.59 Å². The van der Waals surface area contributed by atoms with E-state index in [2.05, 4.69) is 13.2 Å². The highest BCUT2D eigenvalue weighted by atomic mass is 35.5. The number of ether oxygens (including phenoxy) is 4. The fraction of sp³-hybridized carbons (Fsp3) is 0.280. The molecule has 2 aromatic carbocycles. The zero-order chi connectivity index (χ0) is 24.4. The summed E-state index contributed by atoms with van der Waals surface area (Å²) in [4.78, 5) is 26.8. The average molecular weight is 491 g/mol. The smallest absolute Gasteiger partial charge is 0.177 e. The molecule has 0 aliphatic heterocycles. The van der Waals surface area contributed by atoms with Crippen LogP contribution in [0.3, 0.4) is 0 Å². The highest BCUT2D eigenvalue weighted by molar-refractivity contribution is 6.22. The molecule has 0 aliphatic rings. The van der Waals surface area contributed by atoms with Crippen molar-refractivity contribution in [2.45, 2.75) is 5.41 Å². The molecule has 0 aliphatic carbocycles. The Labute approximate surface area is 205 Å². The van der Waals surface area contributed by atoms with Gasteiger partial charge in [0.1, 0.15) is 18.6 Å². The van der Waals surface area contributed by atoms with Crippen LogP contribution in [-0.4, -0.2) is 52.1 Å². The van der Waals surface area contributed by atoms with Crippen molar-refractivity contribution in [3.05, 3.63) is 72.8 Å². The van der Waals surface area contributed by atoms with Crippen LogP contribution in [0.2, 0.25) is 0 Å². The fourth-order valence-electron chi connectivity index (χ4n) is 3.54. The molecule has 0 atom stereocenters. The highest BCUT2D eigenvalue weighted by Gasteiger charge is 2.47. The number of hydrogen-bond donors (Lipinski definition) is 2. The minimum atomic E-state index is -1.77. The number of methoxy groups -OCH3 is 2. The van der Waals surface area contributed by atoms with Crippen LogP contribution in [-0.2, 0) is 15.0 Å². The topological polar surface area (TPSA) is 123 Å². The van der Waals surface area contributed by atoms with Gasteiger partial charge in [0.15, 0.2) is 34.6 Å². The lowest BCUT2D eigenvalue weighted by atomic mass is 9.68. The monoisotopic (exact) mass is 490 g/mol.